The van der Waals surface area contributed by atoms with Crippen molar-refractivity contribution in [1.29, 1.82) is 0 Å². The van der Waals surface area contributed by atoms with E-state index in [-0.39, 0.29) is 12.5 Å². The Labute approximate surface area is 53.2 Å². The van der Waals surface area contributed by atoms with Gasteiger partial charge in [0.05, 0.1) is 11.5 Å². The molecule has 3 heteroatoms. The van der Waals surface area contributed by atoms with Crippen LogP contribution in [0.3, 0.4) is 0 Å². The first-order chi connectivity index (χ1) is 3.12. The molecule has 0 radical (unpaired) electrons. The van der Waals surface area contributed by atoms with E-state index in [1.807, 2.05) is 0 Å². The van der Waals surface area contributed by atoms with Gasteiger partial charge in [-0.05, 0) is 6.92 Å². The standard InChI is InChI=1S/C4H8Cl2O/c1-4(6,2-5)3-7/h7H,2-3H2,1H3/t4-/m1/s1. The lowest BCUT2D eigenvalue weighted by atomic mass is 10.2. The quantitative estimate of drug-likeness (QED) is 0.576. The van der Waals surface area contributed by atoms with Crippen molar-refractivity contribution in [2.24, 2.45) is 0 Å². The minimum absolute atomic E-state index is 0.0714. The van der Waals surface area contributed by atoms with Crippen LogP contribution in [0, 0.1) is 0 Å². The molecule has 0 aliphatic heterocycles. The number of hydrogen-bond donors (Lipinski definition) is 1. The van der Waals surface area contributed by atoms with E-state index >= 15 is 0 Å². The molecule has 0 saturated carbocycles. The van der Waals surface area contributed by atoms with E-state index in [1.165, 1.54) is 0 Å². The van der Waals surface area contributed by atoms with Gasteiger partial charge < -0.3 is 5.11 Å². The van der Waals surface area contributed by atoms with Crippen molar-refractivity contribution in [2.75, 3.05) is 12.5 Å². The zero-order chi connectivity index (χ0) is 5.91. The van der Waals surface area contributed by atoms with Gasteiger partial charge >= 0.3 is 0 Å². The highest BCUT2D eigenvalue weighted by atomic mass is 35.5. The molecule has 0 heterocycles. The summed E-state index contributed by atoms with van der Waals surface area (Å²) in [5.74, 6) is 0.283. The highest BCUT2D eigenvalue weighted by Crippen LogP contribution is 2.13. The Hall–Kier alpha value is 0.540. The molecule has 7 heavy (non-hydrogen) atoms. The summed E-state index contributed by atoms with van der Waals surface area (Å²) in [6, 6.07) is 0. The Morgan fingerprint density at radius 2 is 2.14 bits per heavy atom. The van der Waals surface area contributed by atoms with Gasteiger partial charge in [-0.1, -0.05) is 0 Å². The van der Waals surface area contributed by atoms with Gasteiger partial charge in [-0.25, -0.2) is 0 Å². The van der Waals surface area contributed by atoms with E-state index in [2.05, 4.69) is 0 Å². The molecule has 0 aliphatic rings. The van der Waals surface area contributed by atoms with Gasteiger partial charge in [-0.3, -0.25) is 0 Å². The van der Waals surface area contributed by atoms with Gasteiger partial charge in [0, 0.05) is 5.88 Å². The molecule has 0 aromatic carbocycles. The Kier molecular flexibility index (Phi) is 2.96. The smallest absolute Gasteiger partial charge is 0.0783 e. The third-order valence-corrected chi connectivity index (χ3v) is 1.59. The van der Waals surface area contributed by atoms with Crippen molar-refractivity contribution in [3.8, 4) is 0 Å². The van der Waals surface area contributed by atoms with Crippen LogP contribution in [-0.2, 0) is 0 Å². The first-order valence-electron chi connectivity index (χ1n) is 1.98. The van der Waals surface area contributed by atoms with Crippen molar-refractivity contribution in [3.05, 3.63) is 0 Å². The first kappa shape index (κ1) is 7.54. The van der Waals surface area contributed by atoms with Crippen molar-refractivity contribution in [2.45, 2.75) is 11.8 Å². The molecule has 0 unspecified atom stereocenters. The Bertz CT molecular complexity index is 47.7. The minimum Gasteiger partial charge on any atom is -0.395 e. The van der Waals surface area contributed by atoms with Crippen LogP contribution in [0.5, 0.6) is 0 Å². The average molecular weight is 143 g/mol. The fraction of sp³-hybridized carbons (Fsp3) is 1.00. The van der Waals surface area contributed by atoms with Crippen LogP contribution in [0.15, 0.2) is 0 Å². The molecule has 1 atom stereocenters. The molecule has 0 aliphatic carbocycles. The molecular weight excluding hydrogens is 135 g/mol. The second-order valence-electron chi connectivity index (χ2n) is 1.71. The van der Waals surface area contributed by atoms with Gasteiger partial charge in [0.15, 0.2) is 0 Å². The second kappa shape index (κ2) is 2.75. The zero-order valence-electron chi connectivity index (χ0n) is 4.12. The summed E-state index contributed by atoms with van der Waals surface area (Å²) < 4.78 is 0. The zero-order valence-corrected chi connectivity index (χ0v) is 5.63. The summed E-state index contributed by atoms with van der Waals surface area (Å²) in [4.78, 5) is -0.623. The molecule has 0 bridgehead atoms. The monoisotopic (exact) mass is 142 g/mol. The normalized spacial score (nSPS) is 18.9. The van der Waals surface area contributed by atoms with Crippen molar-refractivity contribution in [3.63, 3.8) is 0 Å². The molecule has 0 spiro atoms. The van der Waals surface area contributed by atoms with Crippen LogP contribution in [0.1, 0.15) is 6.92 Å². The maximum absolute atomic E-state index is 8.38. The lowest BCUT2D eigenvalue weighted by molar-refractivity contribution is 0.263. The van der Waals surface area contributed by atoms with Crippen molar-refractivity contribution < 1.29 is 5.11 Å². The molecule has 1 nitrogen and oxygen atoms in total. The topological polar surface area (TPSA) is 20.2 Å². The number of aliphatic hydroxyl groups is 1. The molecule has 0 saturated heterocycles. The van der Waals surface area contributed by atoms with Crippen LogP contribution >= 0.6 is 23.2 Å². The first-order valence-corrected chi connectivity index (χ1v) is 2.89. The predicted molar refractivity (Wildman–Crippen MR) is 32.1 cm³/mol. The molecule has 1 N–H and O–H groups in total. The lowest BCUT2D eigenvalue weighted by Crippen LogP contribution is -2.23. The number of rotatable bonds is 2. The Morgan fingerprint density at radius 1 is 1.71 bits per heavy atom. The largest absolute Gasteiger partial charge is 0.395 e. The summed E-state index contributed by atoms with van der Waals surface area (Å²) in [5.41, 5.74) is 0. The summed E-state index contributed by atoms with van der Waals surface area (Å²) in [6.45, 7) is 1.61. The Balaban J connectivity index is 3.36. The molecule has 0 aromatic heterocycles. The van der Waals surface area contributed by atoms with Gasteiger partial charge in [0.25, 0.3) is 0 Å². The summed E-state index contributed by atoms with van der Waals surface area (Å²) in [6.07, 6.45) is 0. The number of halogens is 2. The van der Waals surface area contributed by atoms with Crippen molar-refractivity contribution in [1.82, 2.24) is 0 Å². The van der Waals surface area contributed by atoms with Crippen LogP contribution in [0.2, 0.25) is 0 Å². The van der Waals surface area contributed by atoms with Crippen LogP contribution in [-0.4, -0.2) is 22.5 Å². The van der Waals surface area contributed by atoms with E-state index in [4.69, 9.17) is 28.3 Å². The second-order valence-corrected chi connectivity index (χ2v) is 2.88. The molecule has 0 fully saturated rings. The SMILES string of the molecule is C[C@](Cl)(CO)CCl. The highest BCUT2D eigenvalue weighted by Gasteiger charge is 2.16. The van der Waals surface area contributed by atoms with E-state index in [9.17, 15) is 0 Å². The average Bonchev–Trinajstić information content (AvgIpc) is 1.68. The van der Waals surface area contributed by atoms with Crippen LogP contribution in [0.25, 0.3) is 0 Å². The highest BCUT2D eigenvalue weighted by molar-refractivity contribution is 6.30. The lowest BCUT2D eigenvalue weighted by Gasteiger charge is -2.12. The molecular formula is C4H8Cl2O. The van der Waals surface area contributed by atoms with E-state index < -0.39 is 4.87 Å². The Morgan fingerprint density at radius 3 is 2.14 bits per heavy atom. The van der Waals surface area contributed by atoms with Gasteiger partial charge in [0.2, 0.25) is 0 Å². The van der Waals surface area contributed by atoms with E-state index in [0.717, 1.165) is 0 Å². The number of alkyl halides is 2. The maximum atomic E-state index is 8.38. The van der Waals surface area contributed by atoms with Gasteiger partial charge in [0.1, 0.15) is 0 Å². The van der Waals surface area contributed by atoms with Crippen LogP contribution < -0.4 is 0 Å². The van der Waals surface area contributed by atoms with Gasteiger partial charge in [-0.15, -0.1) is 23.2 Å². The van der Waals surface area contributed by atoms with E-state index in [1.54, 1.807) is 6.92 Å². The number of aliphatic hydroxyl groups excluding tert-OH is 1. The third kappa shape index (κ3) is 3.15. The summed E-state index contributed by atoms with van der Waals surface area (Å²) in [5, 5.41) is 8.38. The maximum Gasteiger partial charge on any atom is 0.0783 e. The summed E-state index contributed by atoms with van der Waals surface area (Å²) in [7, 11) is 0. The van der Waals surface area contributed by atoms with Crippen molar-refractivity contribution >= 4 is 23.2 Å². The van der Waals surface area contributed by atoms with E-state index in [0.29, 0.717) is 0 Å². The predicted octanol–water partition coefficient (Wildman–Crippen LogP) is 1.22. The third-order valence-electron chi connectivity index (χ3n) is 0.608. The molecule has 44 valence electrons. The fourth-order valence-electron chi connectivity index (χ4n) is 0.0423. The molecule has 0 rings (SSSR count). The molecule has 0 amide bonds. The fourth-order valence-corrected chi connectivity index (χ4v) is 0.127. The number of hydrogen-bond acceptors (Lipinski definition) is 1. The summed E-state index contributed by atoms with van der Waals surface area (Å²) >= 11 is 10.8. The minimum atomic E-state index is -0.623. The molecule has 0 aromatic rings. The van der Waals surface area contributed by atoms with Crippen LogP contribution in [0.4, 0.5) is 0 Å². The van der Waals surface area contributed by atoms with Gasteiger partial charge in [-0.2, -0.15) is 0 Å².